The van der Waals surface area contributed by atoms with Gasteiger partial charge in [-0.15, -0.1) is 17.8 Å². The van der Waals surface area contributed by atoms with Crippen LogP contribution in [0.25, 0.3) is 93.7 Å². The summed E-state index contributed by atoms with van der Waals surface area (Å²) in [4.78, 5) is 15.0. The van der Waals surface area contributed by atoms with Gasteiger partial charge in [0, 0.05) is 59.1 Å². The van der Waals surface area contributed by atoms with Crippen molar-refractivity contribution < 1.29 is 0 Å². The number of allylic oxidation sites excluding steroid dienone is 5. The molecule has 5 heteroatoms. The predicted octanol–water partition coefficient (Wildman–Crippen LogP) is 13.8. The van der Waals surface area contributed by atoms with Gasteiger partial charge in [-0.1, -0.05) is 133 Å². The van der Waals surface area contributed by atoms with Gasteiger partial charge in [-0.25, -0.2) is 15.0 Å². The molecule has 0 aliphatic rings. The maximum atomic E-state index is 5.62. The molecular formula is C52H38N4S. The van der Waals surface area contributed by atoms with Crippen molar-refractivity contribution in [1.82, 2.24) is 19.5 Å². The van der Waals surface area contributed by atoms with Gasteiger partial charge >= 0.3 is 0 Å². The molecule has 0 amide bonds. The van der Waals surface area contributed by atoms with E-state index in [-0.39, 0.29) is 0 Å². The molecule has 0 fully saturated rings. The van der Waals surface area contributed by atoms with Crippen LogP contribution in [0, 0.1) is 19.3 Å². The van der Waals surface area contributed by atoms with Gasteiger partial charge in [-0.2, -0.15) is 0 Å². The number of hydrogen-bond donors (Lipinski definition) is 0. The molecule has 9 rings (SSSR count). The van der Waals surface area contributed by atoms with E-state index in [9.17, 15) is 0 Å². The molecule has 3 heterocycles. The van der Waals surface area contributed by atoms with E-state index in [4.69, 9.17) is 21.4 Å². The number of fused-ring (bicyclic) bond motifs is 4. The Hall–Kier alpha value is -7.13. The third-order valence-corrected chi connectivity index (χ3v) is 11.7. The number of thiophene rings is 1. The van der Waals surface area contributed by atoms with Gasteiger partial charge in [0.1, 0.15) is 0 Å². The van der Waals surface area contributed by atoms with Crippen molar-refractivity contribution in [2.24, 2.45) is 0 Å². The molecule has 6 aromatic carbocycles. The van der Waals surface area contributed by atoms with Crippen LogP contribution >= 0.6 is 11.3 Å². The second-order valence-electron chi connectivity index (χ2n) is 14.0. The lowest BCUT2D eigenvalue weighted by molar-refractivity contribution is 1.04. The monoisotopic (exact) mass is 750 g/mol. The van der Waals surface area contributed by atoms with Crippen LogP contribution < -0.4 is 0 Å². The summed E-state index contributed by atoms with van der Waals surface area (Å²) in [5.74, 6) is 4.48. The molecule has 3 aromatic heterocycles. The van der Waals surface area contributed by atoms with Gasteiger partial charge in [0.05, 0.1) is 11.2 Å². The molecule has 57 heavy (non-hydrogen) atoms. The number of hydrogen-bond acceptors (Lipinski definition) is 4. The van der Waals surface area contributed by atoms with Crippen LogP contribution in [-0.2, 0) is 0 Å². The van der Waals surface area contributed by atoms with Gasteiger partial charge in [0.25, 0.3) is 0 Å². The number of nitrogens with zero attached hydrogens (tertiary/aromatic N) is 4. The highest BCUT2D eigenvalue weighted by molar-refractivity contribution is 7.26. The zero-order valence-corrected chi connectivity index (χ0v) is 32.8. The van der Waals surface area contributed by atoms with Gasteiger partial charge in [-0.05, 0) is 79.9 Å². The molecule has 0 bridgehead atoms. The van der Waals surface area contributed by atoms with Gasteiger partial charge in [0.2, 0.25) is 0 Å². The third-order valence-electron chi connectivity index (χ3n) is 10.5. The topological polar surface area (TPSA) is 43.6 Å². The van der Waals surface area contributed by atoms with E-state index in [0.29, 0.717) is 17.5 Å². The largest absolute Gasteiger partial charge is 0.313 e. The summed E-state index contributed by atoms with van der Waals surface area (Å²) < 4.78 is 5.00. The molecule has 0 unspecified atom stereocenters. The SMILES string of the molecule is C#C/C=C\C=C(/C)c1cc(-c2nc(-c3ccccc3)nc(-c3ccccc3)n2)ccc1-n1c(C)c(/C=C\C)c2cc(-c3cccc4c3sc3ccccc34)ccc21. The Morgan fingerprint density at radius 3 is 2.02 bits per heavy atom. The van der Waals surface area contributed by atoms with Crippen LogP contribution in [0.5, 0.6) is 0 Å². The maximum absolute atomic E-state index is 5.62. The molecule has 0 radical (unpaired) electrons. The van der Waals surface area contributed by atoms with Crippen molar-refractivity contribution in [3.63, 3.8) is 0 Å². The lowest BCUT2D eigenvalue weighted by Gasteiger charge is -2.17. The fraction of sp³-hybridized carbons (Fsp3) is 0.0577. The van der Waals surface area contributed by atoms with E-state index in [0.717, 1.165) is 44.7 Å². The van der Waals surface area contributed by atoms with Crippen molar-refractivity contribution in [2.75, 3.05) is 0 Å². The summed E-state index contributed by atoms with van der Waals surface area (Å²) >= 11 is 1.86. The van der Waals surface area contributed by atoms with Gasteiger partial charge in [-0.3, -0.25) is 0 Å². The predicted molar refractivity (Wildman–Crippen MR) is 242 cm³/mol. The zero-order valence-electron chi connectivity index (χ0n) is 31.9. The van der Waals surface area contributed by atoms with Crippen molar-refractivity contribution in [2.45, 2.75) is 20.8 Å². The van der Waals surface area contributed by atoms with Crippen molar-refractivity contribution in [1.29, 1.82) is 0 Å². The third kappa shape index (κ3) is 6.57. The van der Waals surface area contributed by atoms with Crippen LogP contribution in [0.2, 0.25) is 0 Å². The Bertz CT molecular complexity index is 3040. The van der Waals surface area contributed by atoms with Gasteiger partial charge in [0.15, 0.2) is 17.5 Å². The quantitative estimate of drug-likeness (QED) is 0.115. The normalized spacial score (nSPS) is 12.1. The number of rotatable bonds is 8. The van der Waals surface area contributed by atoms with E-state index in [1.165, 1.54) is 42.2 Å². The molecule has 9 aromatic rings. The fourth-order valence-corrected chi connectivity index (χ4v) is 8.97. The van der Waals surface area contributed by atoms with Crippen molar-refractivity contribution >= 4 is 54.1 Å². The molecule has 0 aliphatic carbocycles. The Balaban J connectivity index is 1.24. The first-order valence-corrected chi connectivity index (χ1v) is 19.8. The fourth-order valence-electron chi connectivity index (χ4n) is 7.73. The number of benzene rings is 6. The second kappa shape index (κ2) is 15.2. The van der Waals surface area contributed by atoms with Crippen LogP contribution in [0.4, 0.5) is 0 Å². The molecule has 0 saturated heterocycles. The summed E-state index contributed by atoms with van der Waals surface area (Å²) in [5, 5.41) is 3.80. The highest BCUT2D eigenvalue weighted by atomic mass is 32.1. The van der Waals surface area contributed by atoms with Crippen LogP contribution in [0.3, 0.4) is 0 Å². The smallest absolute Gasteiger partial charge is 0.164 e. The lowest BCUT2D eigenvalue weighted by Crippen LogP contribution is -2.03. The first-order chi connectivity index (χ1) is 28.0. The average Bonchev–Trinajstić information content (AvgIpc) is 3.78. The van der Waals surface area contributed by atoms with E-state index in [1.807, 2.05) is 78.1 Å². The first kappa shape index (κ1) is 35.6. The summed E-state index contributed by atoms with van der Waals surface area (Å²) in [6.07, 6.45) is 15.7. The minimum absolute atomic E-state index is 0.603. The summed E-state index contributed by atoms with van der Waals surface area (Å²) in [5.41, 5.74) is 11.8. The second-order valence-corrected chi connectivity index (χ2v) is 15.0. The standard InChI is InChI=1S/C52H38N4S/c1-5-7-10-19-34(3)44-33-39(52-54-50(36-20-11-8-12-21-36)53-51(55-52)37-22-13-9-14-23-37)29-31-46(44)56-35(4)40(18-6-2)45-32-38(28-30-47(45)56)41-25-17-26-43-42-24-15-16-27-48(42)57-49(41)43/h1,6-33H,2-4H3/b10-7-,18-6-,34-19+. The average molecular weight is 751 g/mol. The highest BCUT2D eigenvalue weighted by Crippen LogP contribution is 2.42. The Morgan fingerprint density at radius 2 is 1.32 bits per heavy atom. The molecular weight excluding hydrogens is 713 g/mol. The molecule has 0 saturated carbocycles. The van der Waals surface area contributed by atoms with E-state index in [1.54, 1.807) is 6.08 Å². The van der Waals surface area contributed by atoms with Crippen molar-refractivity contribution in [3.8, 4) is 63.3 Å². The highest BCUT2D eigenvalue weighted by Gasteiger charge is 2.20. The van der Waals surface area contributed by atoms with Crippen LogP contribution in [-0.4, -0.2) is 19.5 Å². The molecule has 4 nitrogen and oxygen atoms in total. The molecule has 0 atom stereocenters. The number of terminal acetylenes is 1. The maximum Gasteiger partial charge on any atom is 0.164 e. The summed E-state index contributed by atoms with van der Waals surface area (Å²) in [6, 6.07) is 48.9. The van der Waals surface area contributed by atoms with Crippen LogP contribution in [0.1, 0.15) is 30.7 Å². The zero-order chi connectivity index (χ0) is 38.9. The van der Waals surface area contributed by atoms with Crippen molar-refractivity contribution in [3.05, 3.63) is 181 Å². The van der Waals surface area contributed by atoms with Crippen LogP contribution in [0.15, 0.2) is 164 Å². The Kier molecular flexibility index (Phi) is 9.48. The molecule has 0 spiro atoms. The summed E-state index contributed by atoms with van der Waals surface area (Å²) in [6.45, 7) is 6.41. The number of aromatic nitrogens is 4. The Morgan fingerprint density at radius 1 is 0.667 bits per heavy atom. The van der Waals surface area contributed by atoms with E-state index >= 15 is 0 Å². The van der Waals surface area contributed by atoms with E-state index < -0.39 is 0 Å². The van der Waals surface area contributed by atoms with Gasteiger partial charge < -0.3 is 4.57 Å². The first-order valence-electron chi connectivity index (χ1n) is 19.0. The minimum atomic E-state index is 0.603. The molecule has 0 aliphatic heterocycles. The van der Waals surface area contributed by atoms with E-state index in [2.05, 4.69) is 128 Å². The lowest BCUT2D eigenvalue weighted by atomic mass is 9.99. The summed E-state index contributed by atoms with van der Waals surface area (Å²) in [7, 11) is 0. The minimum Gasteiger partial charge on any atom is -0.313 e. The Labute approximate surface area is 336 Å². The molecule has 272 valence electrons. The molecule has 0 N–H and O–H groups in total.